The molecule has 20 heavy (non-hydrogen) atoms. The minimum Gasteiger partial charge on any atom is -0.467 e. The fourth-order valence-corrected chi connectivity index (χ4v) is 1.99. The fraction of sp³-hybridized carbons (Fsp3) is 0.923. The van der Waals surface area contributed by atoms with Crippen LogP contribution in [0, 0.1) is 0 Å². The van der Waals surface area contributed by atoms with Crippen molar-refractivity contribution in [2.45, 2.75) is 70.6 Å². The van der Waals surface area contributed by atoms with Gasteiger partial charge in [-0.15, -0.1) is 0 Å². The predicted molar refractivity (Wildman–Crippen MR) is 68.9 cm³/mol. The van der Waals surface area contributed by atoms with E-state index in [0.29, 0.717) is 0 Å². The van der Waals surface area contributed by atoms with Gasteiger partial charge < -0.3 is 29.2 Å². The third-order valence-corrected chi connectivity index (χ3v) is 2.81. The van der Waals surface area contributed by atoms with Gasteiger partial charge in [0.2, 0.25) is 0 Å². The number of esters is 1. The van der Waals surface area contributed by atoms with Crippen molar-refractivity contribution in [3.8, 4) is 0 Å². The van der Waals surface area contributed by atoms with Crippen LogP contribution < -0.4 is 0 Å². The maximum absolute atomic E-state index is 11.8. The highest BCUT2D eigenvalue weighted by Gasteiger charge is 2.49. The number of carbonyl (C=O) groups is 1. The van der Waals surface area contributed by atoms with Gasteiger partial charge >= 0.3 is 5.97 Å². The first-order valence-corrected chi connectivity index (χ1v) is 6.68. The number of aliphatic hydroxyl groups is 2. The second-order valence-corrected chi connectivity index (χ2v) is 5.26. The number of ether oxygens (including phenoxy) is 4. The minimum absolute atomic E-state index is 0.234. The Morgan fingerprint density at radius 2 is 1.60 bits per heavy atom. The number of methoxy groups -OCH3 is 1. The van der Waals surface area contributed by atoms with Gasteiger partial charge in [-0.05, 0) is 27.7 Å². The van der Waals surface area contributed by atoms with Crippen LogP contribution in [-0.2, 0) is 23.7 Å². The molecule has 0 aromatic heterocycles. The van der Waals surface area contributed by atoms with Crippen molar-refractivity contribution in [1.29, 1.82) is 0 Å². The summed E-state index contributed by atoms with van der Waals surface area (Å²) >= 11 is 0. The van der Waals surface area contributed by atoms with Crippen LogP contribution in [0.2, 0.25) is 0 Å². The molecule has 3 unspecified atom stereocenters. The Hall–Kier alpha value is -0.730. The van der Waals surface area contributed by atoms with Gasteiger partial charge in [0.05, 0.1) is 19.3 Å². The molecule has 1 aliphatic rings. The lowest BCUT2D eigenvalue weighted by molar-refractivity contribution is -0.310. The van der Waals surface area contributed by atoms with Crippen molar-refractivity contribution in [3.05, 3.63) is 0 Å². The molecule has 0 amide bonds. The summed E-state index contributed by atoms with van der Waals surface area (Å²) in [5.41, 5.74) is 0. The van der Waals surface area contributed by atoms with Crippen molar-refractivity contribution in [2.75, 3.05) is 7.11 Å². The molecule has 118 valence electrons. The number of aliphatic hydroxyl groups excluding tert-OH is 2. The van der Waals surface area contributed by atoms with Gasteiger partial charge in [-0.25, -0.2) is 4.79 Å². The monoisotopic (exact) mass is 292 g/mol. The fourth-order valence-electron chi connectivity index (χ4n) is 1.99. The Labute approximate surface area is 118 Å². The minimum atomic E-state index is -1.31. The molecule has 1 aliphatic heterocycles. The van der Waals surface area contributed by atoms with Gasteiger partial charge in [-0.1, -0.05) is 0 Å². The van der Waals surface area contributed by atoms with Crippen LogP contribution in [0.1, 0.15) is 27.7 Å². The van der Waals surface area contributed by atoms with Gasteiger partial charge in [0.1, 0.15) is 18.3 Å². The van der Waals surface area contributed by atoms with Crippen molar-refractivity contribution in [2.24, 2.45) is 0 Å². The van der Waals surface area contributed by atoms with E-state index in [0.717, 1.165) is 0 Å². The summed E-state index contributed by atoms with van der Waals surface area (Å²) in [7, 11) is 1.22. The highest BCUT2D eigenvalue weighted by atomic mass is 16.7. The van der Waals surface area contributed by atoms with Crippen molar-refractivity contribution >= 4 is 5.97 Å². The van der Waals surface area contributed by atoms with Gasteiger partial charge in [0, 0.05) is 0 Å². The quantitative estimate of drug-likeness (QED) is 0.679. The van der Waals surface area contributed by atoms with E-state index in [9.17, 15) is 15.0 Å². The van der Waals surface area contributed by atoms with E-state index in [1.165, 1.54) is 7.11 Å². The van der Waals surface area contributed by atoms with E-state index < -0.39 is 36.7 Å². The normalized spacial score (nSPS) is 34.5. The first kappa shape index (κ1) is 17.3. The molecule has 0 bridgehead atoms. The average molecular weight is 292 g/mol. The van der Waals surface area contributed by atoms with E-state index >= 15 is 0 Å². The molecule has 0 spiro atoms. The summed E-state index contributed by atoms with van der Waals surface area (Å²) in [5, 5.41) is 20.2. The first-order chi connectivity index (χ1) is 9.27. The standard InChI is InChI=1S/C13H24O7/c1-6(2)18-10-8(14)9(15)13(19-7(3)4)20-11(10)12(16)17-5/h6-11,13-15H,1-5H3/t8?,9?,10-,11?,13+/m1/s1. The molecule has 7 nitrogen and oxygen atoms in total. The van der Waals surface area contributed by atoms with Gasteiger partial charge in [0.15, 0.2) is 12.4 Å². The van der Waals surface area contributed by atoms with Crippen LogP contribution in [-0.4, -0.2) is 66.2 Å². The van der Waals surface area contributed by atoms with Crippen molar-refractivity contribution in [1.82, 2.24) is 0 Å². The van der Waals surface area contributed by atoms with Crippen LogP contribution in [0.5, 0.6) is 0 Å². The summed E-state index contributed by atoms with van der Waals surface area (Å²) in [6.45, 7) is 7.02. The third-order valence-electron chi connectivity index (χ3n) is 2.81. The molecule has 0 radical (unpaired) electrons. The summed E-state index contributed by atoms with van der Waals surface area (Å²) < 4.78 is 20.9. The number of rotatable bonds is 5. The van der Waals surface area contributed by atoms with Crippen LogP contribution >= 0.6 is 0 Å². The Morgan fingerprint density at radius 1 is 1.05 bits per heavy atom. The molecular weight excluding hydrogens is 268 g/mol. The molecular formula is C13H24O7. The van der Waals surface area contributed by atoms with Gasteiger partial charge in [-0.3, -0.25) is 0 Å². The number of hydrogen-bond donors (Lipinski definition) is 2. The zero-order valence-corrected chi connectivity index (χ0v) is 12.5. The van der Waals surface area contributed by atoms with Crippen LogP contribution in [0.25, 0.3) is 0 Å². The maximum atomic E-state index is 11.8. The Kier molecular flexibility index (Phi) is 6.35. The first-order valence-electron chi connectivity index (χ1n) is 6.68. The second kappa shape index (κ2) is 7.33. The SMILES string of the molecule is COC(=O)C1O[C@H](OC(C)C)C(O)C(O)[C@H]1OC(C)C. The van der Waals surface area contributed by atoms with Crippen molar-refractivity contribution < 1.29 is 34.0 Å². The summed E-state index contributed by atoms with van der Waals surface area (Å²) in [6.07, 6.45) is -6.36. The van der Waals surface area contributed by atoms with E-state index in [-0.39, 0.29) is 12.2 Å². The number of hydrogen-bond acceptors (Lipinski definition) is 7. The maximum Gasteiger partial charge on any atom is 0.337 e. The summed E-state index contributed by atoms with van der Waals surface area (Å²) in [6, 6.07) is 0. The summed E-state index contributed by atoms with van der Waals surface area (Å²) in [5.74, 6) is -0.682. The second-order valence-electron chi connectivity index (χ2n) is 5.26. The molecule has 0 aliphatic carbocycles. The molecule has 1 heterocycles. The summed E-state index contributed by atoms with van der Waals surface area (Å²) in [4.78, 5) is 11.8. The molecule has 7 heteroatoms. The Balaban J connectivity index is 2.91. The van der Waals surface area contributed by atoms with Crippen molar-refractivity contribution in [3.63, 3.8) is 0 Å². The number of carbonyl (C=O) groups excluding carboxylic acids is 1. The van der Waals surface area contributed by atoms with Crippen LogP contribution in [0.4, 0.5) is 0 Å². The average Bonchev–Trinajstić information content (AvgIpc) is 2.36. The topological polar surface area (TPSA) is 94.5 Å². The Morgan fingerprint density at radius 3 is 2.05 bits per heavy atom. The zero-order chi connectivity index (χ0) is 15.4. The Bertz CT molecular complexity index is 318. The lowest BCUT2D eigenvalue weighted by atomic mass is 9.98. The highest BCUT2D eigenvalue weighted by Crippen LogP contribution is 2.26. The molecule has 0 saturated carbocycles. The smallest absolute Gasteiger partial charge is 0.337 e. The van der Waals surface area contributed by atoms with E-state index in [2.05, 4.69) is 4.74 Å². The zero-order valence-electron chi connectivity index (χ0n) is 12.5. The third kappa shape index (κ3) is 4.13. The lowest BCUT2D eigenvalue weighted by Gasteiger charge is -2.42. The van der Waals surface area contributed by atoms with Crippen LogP contribution in [0.15, 0.2) is 0 Å². The molecule has 1 saturated heterocycles. The molecule has 5 atom stereocenters. The molecule has 1 rings (SSSR count). The highest BCUT2D eigenvalue weighted by molar-refractivity contribution is 5.75. The molecule has 0 aromatic rings. The molecule has 0 aromatic carbocycles. The predicted octanol–water partition coefficient (Wildman–Crippen LogP) is -0.175. The van der Waals surface area contributed by atoms with E-state index in [4.69, 9.17) is 14.2 Å². The largest absolute Gasteiger partial charge is 0.467 e. The molecule has 2 N–H and O–H groups in total. The molecule has 1 fully saturated rings. The van der Waals surface area contributed by atoms with Gasteiger partial charge in [0.25, 0.3) is 0 Å². The lowest BCUT2D eigenvalue weighted by Crippen LogP contribution is -2.62. The van der Waals surface area contributed by atoms with E-state index in [1.807, 2.05) is 0 Å². The van der Waals surface area contributed by atoms with Crippen LogP contribution in [0.3, 0.4) is 0 Å². The van der Waals surface area contributed by atoms with E-state index in [1.54, 1.807) is 27.7 Å². The van der Waals surface area contributed by atoms with Gasteiger partial charge in [-0.2, -0.15) is 0 Å².